The van der Waals surface area contributed by atoms with Gasteiger partial charge in [0.2, 0.25) is 0 Å². The van der Waals surface area contributed by atoms with Crippen LogP contribution in [0, 0.1) is 0 Å². The van der Waals surface area contributed by atoms with Gasteiger partial charge in [-0.3, -0.25) is 9.69 Å². The van der Waals surface area contributed by atoms with E-state index in [-0.39, 0.29) is 11.9 Å². The van der Waals surface area contributed by atoms with Gasteiger partial charge in [-0.05, 0) is 35.4 Å². The minimum atomic E-state index is -0.273. The Bertz CT molecular complexity index is 1380. The summed E-state index contributed by atoms with van der Waals surface area (Å²) in [5, 5.41) is 1.11. The fourth-order valence-corrected chi connectivity index (χ4v) is 4.54. The molecule has 0 bridgehead atoms. The molecule has 144 valence electrons. The van der Waals surface area contributed by atoms with Gasteiger partial charge in [-0.1, -0.05) is 60.7 Å². The summed E-state index contributed by atoms with van der Waals surface area (Å²) in [5.41, 5.74) is 6.28. The first-order chi connectivity index (χ1) is 14.8. The first kappa shape index (κ1) is 16.9. The highest BCUT2D eigenvalue weighted by atomic mass is 16.3. The molecular weight excluding hydrogens is 372 g/mol. The monoisotopic (exact) mass is 390 g/mol. The number of hydrogen-bond donors (Lipinski definition) is 1. The van der Waals surface area contributed by atoms with Crippen molar-refractivity contribution in [3.05, 3.63) is 114 Å². The lowest BCUT2D eigenvalue weighted by Gasteiger charge is -2.38. The molecule has 1 amide bonds. The van der Waals surface area contributed by atoms with E-state index in [1.54, 1.807) is 12.1 Å². The van der Waals surface area contributed by atoms with E-state index in [9.17, 15) is 4.79 Å². The molecule has 0 saturated carbocycles. The molecule has 1 unspecified atom stereocenters. The number of carbonyl (C=O) groups excluding carboxylic acids is 1. The van der Waals surface area contributed by atoms with Gasteiger partial charge in [0.25, 0.3) is 5.91 Å². The van der Waals surface area contributed by atoms with Gasteiger partial charge in [-0.2, -0.15) is 0 Å². The summed E-state index contributed by atoms with van der Waals surface area (Å²) >= 11 is 0. The van der Waals surface area contributed by atoms with Crippen LogP contribution in [0.4, 0.5) is 5.69 Å². The second kappa shape index (κ2) is 6.49. The molecule has 6 rings (SSSR count). The van der Waals surface area contributed by atoms with Crippen molar-refractivity contribution >= 4 is 22.5 Å². The molecular formula is C26H18N2O2. The third-order valence-corrected chi connectivity index (χ3v) is 5.83. The zero-order chi connectivity index (χ0) is 20.1. The standard InChI is InChI=1S/C26H18N2O2/c29-26(24-14-7-15-30-24)28-23-13-6-4-10-19(23)17-8-1-2-11-20(17)25(28)21-16-27-22-12-5-3-9-18(21)22/h1-16,25,27H. The largest absolute Gasteiger partial charge is 0.459 e. The van der Waals surface area contributed by atoms with Crippen molar-refractivity contribution in [2.75, 3.05) is 4.90 Å². The number of hydrogen-bond acceptors (Lipinski definition) is 2. The molecule has 0 spiro atoms. The molecule has 0 radical (unpaired) electrons. The highest BCUT2D eigenvalue weighted by molar-refractivity contribution is 6.09. The number of nitrogens with one attached hydrogen (secondary N) is 1. The molecule has 3 heterocycles. The van der Waals surface area contributed by atoms with Crippen LogP contribution < -0.4 is 4.90 Å². The van der Waals surface area contributed by atoms with Crippen LogP contribution in [0.3, 0.4) is 0 Å². The fraction of sp³-hybridized carbons (Fsp3) is 0.0385. The van der Waals surface area contributed by atoms with Crippen LogP contribution in [0.25, 0.3) is 22.0 Å². The van der Waals surface area contributed by atoms with Crippen LogP contribution in [-0.2, 0) is 0 Å². The number of rotatable bonds is 2. The quantitative estimate of drug-likeness (QED) is 0.391. The van der Waals surface area contributed by atoms with E-state index in [2.05, 4.69) is 35.3 Å². The zero-order valence-electron chi connectivity index (χ0n) is 16.1. The van der Waals surface area contributed by atoms with Crippen molar-refractivity contribution < 1.29 is 9.21 Å². The Balaban J connectivity index is 1.67. The maximum absolute atomic E-state index is 13.7. The van der Waals surface area contributed by atoms with Gasteiger partial charge in [0, 0.05) is 28.2 Å². The summed E-state index contributed by atoms with van der Waals surface area (Å²) in [6, 6.07) is 27.8. The number of furan rings is 1. The Morgan fingerprint density at radius 3 is 2.43 bits per heavy atom. The van der Waals surface area contributed by atoms with Gasteiger partial charge in [0.15, 0.2) is 5.76 Å². The molecule has 1 aliphatic heterocycles. The van der Waals surface area contributed by atoms with Gasteiger partial charge in [0.1, 0.15) is 0 Å². The van der Waals surface area contributed by atoms with Gasteiger partial charge in [0.05, 0.1) is 18.0 Å². The van der Waals surface area contributed by atoms with E-state index < -0.39 is 0 Å². The number of amides is 1. The molecule has 30 heavy (non-hydrogen) atoms. The molecule has 2 aromatic heterocycles. The SMILES string of the molecule is O=C(c1ccco1)N1c2ccccc2-c2ccccc2C1c1c[nH]c2ccccc12. The maximum Gasteiger partial charge on any atom is 0.294 e. The average molecular weight is 390 g/mol. The fourth-order valence-electron chi connectivity index (χ4n) is 4.54. The van der Waals surface area contributed by atoms with E-state index >= 15 is 0 Å². The number of benzene rings is 3. The summed E-state index contributed by atoms with van der Waals surface area (Å²) in [5.74, 6) is 0.172. The van der Waals surface area contributed by atoms with Gasteiger partial charge in [-0.25, -0.2) is 0 Å². The van der Waals surface area contributed by atoms with Gasteiger partial charge in [-0.15, -0.1) is 0 Å². The van der Waals surface area contributed by atoms with Crippen LogP contribution in [0.1, 0.15) is 27.7 Å². The minimum absolute atomic E-state index is 0.155. The highest BCUT2D eigenvalue weighted by Crippen LogP contribution is 2.48. The molecule has 0 fully saturated rings. The van der Waals surface area contributed by atoms with E-state index in [4.69, 9.17) is 4.42 Å². The average Bonchev–Trinajstić information content (AvgIpc) is 3.48. The van der Waals surface area contributed by atoms with E-state index in [1.807, 2.05) is 53.6 Å². The normalized spacial score (nSPS) is 15.1. The number of fused-ring (bicyclic) bond motifs is 4. The third-order valence-electron chi connectivity index (χ3n) is 5.83. The molecule has 3 aromatic carbocycles. The Morgan fingerprint density at radius 1 is 0.800 bits per heavy atom. The maximum atomic E-state index is 13.7. The van der Waals surface area contributed by atoms with Crippen molar-refractivity contribution in [2.45, 2.75) is 6.04 Å². The second-order valence-electron chi connectivity index (χ2n) is 7.45. The topological polar surface area (TPSA) is 49.2 Å². The summed E-state index contributed by atoms with van der Waals surface area (Å²) in [4.78, 5) is 18.9. The number of para-hydroxylation sites is 2. The number of anilines is 1. The highest BCUT2D eigenvalue weighted by Gasteiger charge is 2.38. The minimum Gasteiger partial charge on any atom is -0.459 e. The molecule has 4 heteroatoms. The van der Waals surface area contributed by atoms with E-state index in [0.29, 0.717) is 5.76 Å². The lowest BCUT2D eigenvalue weighted by atomic mass is 9.84. The van der Waals surface area contributed by atoms with Crippen LogP contribution in [-0.4, -0.2) is 10.9 Å². The van der Waals surface area contributed by atoms with Crippen molar-refractivity contribution in [2.24, 2.45) is 0 Å². The Labute approximate surface area is 173 Å². The molecule has 1 atom stereocenters. The Morgan fingerprint density at radius 2 is 1.57 bits per heavy atom. The Hall–Kier alpha value is -4.05. The lowest BCUT2D eigenvalue weighted by molar-refractivity contribution is 0.0953. The molecule has 5 aromatic rings. The predicted molar refractivity (Wildman–Crippen MR) is 118 cm³/mol. The van der Waals surface area contributed by atoms with Crippen LogP contribution >= 0.6 is 0 Å². The van der Waals surface area contributed by atoms with Crippen molar-refractivity contribution in [3.8, 4) is 11.1 Å². The second-order valence-corrected chi connectivity index (χ2v) is 7.45. The summed E-state index contributed by atoms with van der Waals surface area (Å²) < 4.78 is 5.51. The van der Waals surface area contributed by atoms with Crippen molar-refractivity contribution in [3.63, 3.8) is 0 Å². The molecule has 4 nitrogen and oxygen atoms in total. The Kier molecular flexibility index (Phi) is 3.65. The van der Waals surface area contributed by atoms with Gasteiger partial charge >= 0.3 is 0 Å². The molecule has 0 saturated heterocycles. The van der Waals surface area contributed by atoms with Crippen molar-refractivity contribution in [1.29, 1.82) is 0 Å². The molecule has 1 aliphatic rings. The van der Waals surface area contributed by atoms with Crippen LogP contribution in [0.2, 0.25) is 0 Å². The third kappa shape index (κ3) is 2.37. The first-order valence-corrected chi connectivity index (χ1v) is 9.94. The number of aromatic amines is 1. The van der Waals surface area contributed by atoms with Crippen LogP contribution in [0.15, 0.2) is 102 Å². The smallest absolute Gasteiger partial charge is 0.294 e. The van der Waals surface area contributed by atoms with Crippen molar-refractivity contribution in [1.82, 2.24) is 4.98 Å². The lowest BCUT2D eigenvalue weighted by Crippen LogP contribution is -2.38. The number of carbonyl (C=O) groups is 1. The zero-order valence-corrected chi connectivity index (χ0v) is 16.1. The number of nitrogens with zero attached hydrogens (tertiary/aromatic N) is 1. The predicted octanol–water partition coefficient (Wildman–Crippen LogP) is 6.18. The number of H-pyrrole nitrogens is 1. The molecule has 0 aliphatic carbocycles. The van der Waals surface area contributed by atoms with E-state index in [1.165, 1.54) is 6.26 Å². The first-order valence-electron chi connectivity index (χ1n) is 9.94. The summed E-state index contributed by atoms with van der Waals surface area (Å²) in [6.07, 6.45) is 3.56. The molecule has 1 N–H and O–H groups in total. The number of aromatic nitrogens is 1. The summed E-state index contributed by atoms with van der Waals surface area (Å²) in [6.45, 7) is 0. The van der Waals surface area contributed by atoms with E-state index in [0.717, 1.165) is 38.8 Å². The van der Waals surface area contributed by atoms with Crippen LogP contribution in [0.5, 0.6) is 0 Å². The summed E-state index contributed by atoms with van der Waals surface area (Å²) in [7, 11) is 0. The van der Waals surface area contributed by atoms with Gasteiger partial charge < -0.3 is 9.40 Å².